The van der Waals surface area contributed by atoms with Crippen molar-refractivity contribution < 1.29 is 48.4 Å². The van der Waals surface area contributed by atoms with Crippen molar-refractivity contribution in [2.24, 2.45) is 20.5 Å². The Labute approximate surface area is 268 Å². The number of benzene rings is 5. The van der Waals surface area contributed by atoms with Crippen LogP contribution in [0.2, 0.25) is 0 Å². The Balaban J connectivity index is 0.00000118. The molecule has 5 aromatic carbocycles. The maximum atomic E-state index is 11.9. The molecular weight excluding hydrogens is 679 g/mol. The molecule has 19 heteroatoms. The topological polar surface area (TPSA) is 265 Å². The van der Waals surface area contributed by atoms with Gasteiger partial charge < -0.3 is 15.6 Å². The second-order valence-electron chi connectivity index (χ2n) is 9.38. The van der Waals surface area contributed by atoms with Crippen LogP contribution in [-0.2, 0) is 37.5 Å². The largest absolute Gasteiger partial charge is 0.494 e. The van der Waals surface area contributed by atoms with E-state index in [-0.39, 0.29) is 28.0 Å². The van der Waals surface area contributed by atoms with E-state index < -0.39 is 47.2 Å². The lowest BCUT2D eigenvalue weighted by Crippen LogP contribution is -1.99. The highest BCUT2D eigenvalue weighted by Crippen LogP contribution is 2.41. The van der Waals surface area contributed by atoms with Crippen molar-refractivity contribution in [2.75, 3.05) is 12.8 Å². The number of aliphatic hydroxyl groups excluding tert-OH is 1. The van der Waals surface area contributed by atoms with E-state index in [2.05, 4.69) is 20.5 Å². The van der Waals surface area contributed by atoms with Crippen LogP contribution in [0.4, 0.5) is 28.4 Å². The molecule has 0 amide bonds. The number of fused-ring (bicyclic) bond motifs is 2. The van der Waals surface area contributed by atoms with Crippen LogP contribution in [0.3, 0.4) is 0 Å². The molecule has 0 aliphatic heterocycles. The molecule has 0 saturated heterocycles. The van der Waals surface area contributed by atoms with Gasteiger partial charge in [0.05, 0.1) is 41.4 Å². The highest BCUT2D eigenvalue weighted by molar-refractivity contribution is 7.86. The van der Waals surface area contributed by atoms with Crippen molar-refractivity contribution in [2.45, 2.75) is 16.4 Å². The lowest BCUT2D eigenvalue weighted by molar-refractivity contribution is 0.281. The molecule has 0 atom stereocenters. The lowest BCUT2D eigenvalue weighted by atomic mass is 10.1. The van der Waals surface area contributed by atoms with Crippen LogP contribution in [0.1, 0.15) is 5.56 Å². The van der Waals surface area contributed by atoms with Gasteiger partial charge in [0, 0.05) is 27.6 Å². The van der Waals surface area contributed by atoms with Gasteiger partial charge in [-0.25, -0.2) is 0 Å². The molecule has 47 heavy (non-hydrogen) atoms. The molecule has 0 radical (unpaired) electrons. The fourth-order valence-electron chi connectivity index (χ4n) is 4.40. The van der Waals surface area contributed by atoms with E-state index in [1.807, 2.05) is 24.3 Å². The molecule has 0 saturated carbocycles. The third-order valence-electron chi connectivity index (χ3n) is 6.50. The molecule has 0 heterocycles. The first-order valence-corrected chi connectivity index (χ1v) is 16.7. The Hall–Kier alpha value is -5.18. The minimum absolute atomic E-state index is 0.183. The van der Waals surface area contributed by atoms with Crippen LogP contribution in [0.25, 0.3) is 21.5 Å². The van der Waals surface area contributed by atoms with Gasteiger partial charge in [-0.1, -0.05) is 36.4 Å². The van der Waals surface area contributed by atoms with Gasteiger partial charge in [-0.2, -0.15) is 16.8 Å². The summed E-state index contributed by atoms with van der Waals surface area (Å²) in [5, 5.41) is 28.1. The summed E-state index contributed by atoms with van der Waals surface area (Å²) in [7, 11) is -10.9. The number of ether oxygens (including phenoxy) is 1. The van der Waals surface area contributed by atoms with Crippen molar-refractivity contribution >= 4 is 80.8 Å². The number of rotatable bonds is 8. The van der Waals surface area contributed by atoms with E-state index in [0.29, 0.717) is 33.3 Å². The zero-order chi connectivity index (χ0) is 34.5. The third-order valence-corrected chi connectivity index (χ3v) is 8.23. The van der Waals surface area contributed by atoms with Gasteiger partial charge in [0.25, 0.3) is 20.2 Å². The molecule has 5 aromatic rings. The normalized spacial score (nSPS) is 12.0. The SMILES string of the molecule is COc1cc(N=Nc2ccc(N=Nc3ccc(CO)cc3S(=O)(=O)O)c3ccc(S(=O)(=O)O)cc23)c2ccccc2c1N.O=S(=O)=O. The van der Waals surface area contributed by atoms with Crippen LogP contribution in [0, 0.1) is 0 Å². The zero-order valence-electron chi connectivity index (χ0n) is 23.9. The predicted molar refractivity (Wildman–Crippen MR) is 169 cm³/mol. The molecule has 5 rings (SSSR count). The summed E-state index contributed by atoms with van der Waals surface area (Å²) in [4.78, 5) is -0.962. The Morgan fingerprint density at radius 3 is 1.79 bits per heavy atom. The number of nitrogen functional groups attached to an aromatic ring is 1. The molecule has 0 aliphatic rings. The third kappa shape index (κ3) is 8.16. The molecular formula is C28H23N5O11S3. The number of methoxy groups -OCH3 is 1. The molecule has 0 spiro atoms. The fourth-order valence-corrected chi connectivity index (χ4v) is 5.58. The summed E-state index contributed by atoms with van der Waals surface area (Å²) in [6.07, 6.45) is 0. The fraction of sp³-hybridized carbons (Fsp3) is 0.0714. The summed E-state index contributed by atoms with van der Waals surface area (Å²) in [5.74, 6) is 0.387. The molecule has 0 bridgehead atoms. The molecule has 0 aromatic heterocycles. The number of hydrogen-bond acceptors (Lipinski definition) is 14. The smallest absolute Gasteiger partial charge is 0.425 e. The number of nitrogens with zero attached hydrogens (tertiary/aromatic N) is 4. The average Bonchev–Trinajstić information content (AvgIpc) is 3.02. The van der Waals surface area contributed by atoms with Gasteiger partial charge >= 0.3 is 10.6 Å². The van der Waals surface area contributed by atoms with E-state index in [1.54, 1.807) is 6.07 Å². The Kier molecular flexibility index (Phi) is 10.4. The second-order valence-corrected chi connectivity index (χ2v) is 12.6. The first-order valence-electron chi connectivity index (χ1n) is 12.8. The monoisotopic (exact) mass is 701 g/mol. The van der Waals surface area contributed by atoms with Gasteiger partial charge in [-0.15, -0.1) is 33.1 Å². The lowest BCUT2D eigenvalue weighted by Gasteiger charge is -2.10. The Morgan fingerprint density at radius 2 is 1.21 bits per heavy atom. The van der Waals surface area contributed by atoms with Gasteiger partial charge in [0.15, 0.2) is 0 Å². The molecule has 16 nitrogen and oxygen atoms in total. The first kappa shape index (κ1) is 34.7. The molecule has 0 aliphatic carbocycles. The maximum absolute atomic E-state index is 11.9. The van der Waals surface area contributed by atoms with Crippen molar-refractivity contribution in [3.8, 4) is 5.75 Å². The van der Waals surface area contributed by atoms with Crippen molar-refractivity contribution in [3.63, 3.8) is 0 Å². The summed E-state index contributed by atoms with van der Waals surface area (Å²) in [6, 6.07) is 19.3. The maximum Gasteiger partial charge on any atom is 0.425 e. The van der Waals surface area contributed by atoms with E-state index in [9.17, 15) is 31.0 Å². The highest BCUT2D eigenvalue weighted by atomic mass is 32.2. The minimum Gasteiger partial charge on any atom is -0.494 e. The van der Waals surface area contributed by atoms with Gasteiger partial charge in [0.1, 0.15) is 16.3 Å². The van der Waals surface area contributed by atoms with Gasteiger partial charge in [-0.05, 0) is 42.0 Å². The van der Waals surface area contributed by atoms with Crippen LogP contribution < -0.4 is 10.5 Å². The van der Waals surface area contributed by atoms with Crippen LogP contribution >= 0.6 is 0 Å². The second kappa shape index (κ2) is 14.1. The van der Waals surface area contributed by atoms with Gasteiger partial charge in [0.2, 0.25) is 0 Å². The summed E-state index contributed by atoms with van der Waals surface area (Å²) in [5.41, 5.74) is 7.50. The zero-order valence-corrected chi connectivity index (χ0v) is 26.4. The number of anilines is 1. The van der Waals surface area contributed by atoms with Gasteiger partial charge in [-0.3, -0.25) is 9.11 Å². The standard InChI is InChI=1S/C28H23N5O8S2.O3S/c1-41-26-14-25(18-4-2-3-5-20(18)28(26)29)33-31-23-11-10-22(19-8-7-17(13-21(19)23)42(35,36)37)30-32-24-9-6-16(15-34)12-27(24)43(38,39)40;1-4(2)3/h2-14,34H,15,29H2,1H3,(H,35,36,37)(H,38,39,40);. The van der Waals surface area contributed by atoms with Crippen LogP contribution in [0.5, 0.6) is 5.75 Å². The molecule has 5 N–H and O–H groups in total. The number of hydrogen-bond donors (Lipinski definition) is 4. The van der Waals surface area contributed by atoms with E-state index in [0.717, 1.165) is 12.1 Å². The van der Waals surface area contributed by atoms with Crippen LogP contribution in [0.15, 0.2) is 109 Å². The Morgan fingerprint density at radius 1 is 0.681 bits per heavy atom. The van der Waals surface area contributed by atoms with Crippen molar-refractivity contribution in [1.82, 2.24) is 0 Å². The molecule has 244 valence electrons. The summed E-state index contributed by atoms with van der Waals surface area (Å²) < 4.78 is 97.7. The number of nitrogens with two attached hydrogens (primary N) is 1. The average molecular weight is 702 g/mol. The molecule has 0 unspecified atom stereocenters. The number of azo groups is 2. The Bertz CT molecular complexity index is 2410. The van der Waals surface area contributed by atoms with Crippen LogP contribution in [-0.4, -0.2) is 50.8 Å². The highest BCUT2D eigenvalue weighted by Gasteiger charge is 2.18. The van der Waals surface area contributed by atoms with Crippen molar-refractivity contribution in [3.05, 3.63) is 84.4 Å². The quantitative estimate of drug-likeness (QED) is 0.0900. The molecule has 0 fully saturated rings. The minimum atomic E-state index is -4.70. The van der Waals surface area contributed by atoms with E-state index in [4.69, 9.17) is 23.1 Å². The first-order chi connectivity index (χ1) is 22.1. The number of aliphatic hydroxyl groups is 1. The van der Waals surface area contributed by atoms with E-state index >= 15 is 0 Å². The summed E-state index contributed by atoms with van der Waals surface area (Å²) in [6.45, 7) is -0.463. The van der Waals surface area contributed by atoms with Crippen molar-refractivity contribution in [1.29, 1.82) is 0 Å². The predicted octanol–water partition coefficient (Wildman–Crippen LogP) is 5.40. The van der Waals surface area contributed by atoms with E-state index in [1.165, 1.54) is 43.5 Å². The summed E-state index contributed by atoms with van der Waals surface area (Å²) >= 11 is 0.